The third-order valence-electron chi connectivity index (χ3n) is 2.77. The second-order valence-corrected chi connectivity index (χ2v) is 5.89. The van der Waals surface area contributed by atoms with Crippen LogP contribution in [0.5, 0.6) is 0 Å². The van der Waals surface area contributed by atoms with Crippen LogP contribution in [0.4, 0.5) is 0 Å². The van der Waals surface area contributed by atoms with Crippen LogP contribution in [0.3, 0.4) is 0 Å². The minimum Gasteiger partial charge on any atom is -0.0733 e. The second kappa shape index (κ2) is 11.4. The van der Waals surface area contributed by atoms with E-state index in [1.54, 1.807) is 0 Å². The summed E-state index contributed by atoms with van der Waals surface area (Å²) in [5.74, 6) is 0. The molecule has 0 aromatic heterocycles. The molecule has 0 unspecified atom stereocenters. The molecule has 0 aromatic rings. The predicted octanol–water partition coefficient (Wildman–Crippen LogP) is 6.37. The summed E-state index contributed by atoms with van der Waals surface area (Å²) in [6.07, 6.45) is 15.4. The van der Waals surface area contributed by atoms with E-state index >= 15 is 0 Å². The fourth-order valence-electron chi connectivity index (χ4n) is 1.70. The molecule has 0 aliphatic rings. The Morgan fingerprint density at radius 3 is 2.00 bits per heavy atom. The summed E-state index contributed by atoms with van der Waals surface area (Å²) in [5.41, 5.74) is 1.49. The van der Waals surface area contributed by atoms with Gasteiger partial charge in [0.15, 0.2) is 0 Å². The monoisotopic (exact) mass is 286 g/mol. The van der Waals surface area contributed by atoms with E-state index in [4.69, 9.17) is 0 Å². The molecule has 0 spiro atoms. The van der Waals surface area contributed by atoms with Crippen molar-refractivity contribution in [1.82, 2.24) is 0 Å². The van der Waals surface area contributed by atoms with E-state index in [1.807, 2.05) is 0 Å². The maximum Gasteiger partial charge on any atom is -0.00804 e. The average Bonchev–Trinajstić information content (AvgIpc) is 2.25. The molecule has 1 heteroatoms. The van der Waals surface area contributed by atoms with Crippen LogP contribution < -0.4 is 0 Å². The molecule has 0 bridgehead atoms. The van der Waals surface area contributed by atoms with Crippen molar-refractivity contribution < 1.29 is 0 Å². The van der Waals surface area contributed by atoms with Crippen LogP contribution in [0.25, 0.3) is 0 Å². The lowest BCUT2D eigenvalue weighted by Crippen LogP contribution is -1.81. The Hall–Kier alpha value is -0.0400. The Morgan fingerprint density at radius 1 is 0.875 bits per heavy atom. The first-order valence-electron chi connectivity index (χ1n) is 6.66. The van der Waals surface area contributed by atoms with E-state index in [2.05, 4.69) is 48.9 Å². The van der Waals surface area contributed by atoms with E-state index in [0.717, 1.165) is 0 Å². The highest BCUT2D eigenvalue weighted by molar-refractivity contribution is 9.11. The number of hydrogen-bond acceptors (Lipinski definition) is 0. The molecular weight excluding hydrogens is 260 g/mol. The molecule has 0 amide bonds. The molecule has 0 nitrogen and oxygen atoms in total. The summed E-state index contributed by atoms with van der Waals surface area (Å²) in [5, 5.41) is 0. The minimum atomic E-state index is 1.20. The van der Waals surface area contributed by atoms with Gasteiger partial charge in [-0.2, -0.15) is 0 Å². The van der Waals surface area contributed by atoms with Crippen molar-refractivity contribution in [2.24, 2.45) is 0 Å². The van der Waals surface area contributed by atoms with Gasteiger partial charge in [0.05, 0.1) is 0 Å². The van der Waals surface area contributed by atoms with Gasteiger partial charge in [-0.1, -0.05) is 79.1 Å². The van der Waals surface area contributed by atoms with Crippen molar-refractivity contribution in [3.8, 4) is 0 Å². The smallest absolute Gasteiger partial charge is 0.00804 e. The Morgan fingerprint density at radius 2 is 1.44 bits per heavy atom. The number of unbranched alkanes of at least 4 members (excludes halogenated alkanes) is 6. The molecule has 0 rings (SSSR count). The number of hydrogen-bond donors (Lipinski definition) is 0. The zero-order valence-corrected chi connectivity index (χ0v) is 12.8. The highest BCUT2D eigenvalue weighted by atomic mass is 79.9. The number of halogens is 1. The van der Waals surface area contributed by atoms with Gasteiger partial charge in [0.25, 0.3) is 0 Å². The molecule has 0 saturated carbocycles. The molecule has 0 aliphatic carbocycles. The molecule has 94 valence electrons. The first kappa shape index (κ1) is 16.0. The van der Waals surface area contributed by atoms with Gasteiger partial charge in [-0.05, 0) is 31.2 Å². The summed E-state index contributed by atoms with van der Waals surface area (Å²) in [7, 11) is 0. The molecule has 0 aromatic carbocycles. The van der Waals surface area contributed by atoms with Crippen LogP contribution in [0.2, 0.25) is 0 Å². The fourth-order valence-corrected chi connectivity index (χ4v) is 1.83. The van der Waals surface area contributed by atoms with Gasteiger partial charge in [-0.15, -0.1) is 0 Å². The van der Waals surface area contributed by atoms with E-state index in [-0.39, 0.29) is 0 Å². The normalized spacial score (nSPS) is 13.2. The third kappa shape index (κ3) is 12.0. The quantitative estimate of drug-likeness (QED) is 0.341. The van der Waals surface area contributed by atoms with Crippen LogP contribution in [-0.4, -0.2) is 0 Å². The maximum absolute atomic E-state index is 3.44. The summed E-state index contributed by atoms with van der Waals surface area (Å²) < 4.78 is 1.20. The molecular formula is C15H27Br. The largest absolute Gasteiger partial charge is 0.0733 e. The van der Waals surface area contributed by atoms with Crippen molar-refractivity contribution in [1.29, 1.82) is 0 Å². The van der Waals surface area contributed by atoms with Gasteiger partial charge in [0.1, 0.15) is 0 Å². The lowest BCUT2D eigenvalue weighted by molar-refractivity contribution is 0.588. The van der Waals surface area contributed by atoms with Crippen LogP contribution in [-0.2, 0) is 0 Å². The molecule has 0 atom stereocenters. The number of allylic oxidation sites excluding steroid dienone is 4. The summed E-state index contributed by atoms with van der Waals surface area (Å²) >= 11 is 3.44. The van der Waals surface area contributed by atoms with Crippen molar-refractivity contribution in [2.75, 3.05) is 0 Å². The summed E-state index contributed by atoms with van der Waals surface area (Å²) in [4.78, 5) is 0. The van der Waals surface area contributed by atoms with Crippen molar-refractivity contribution in [3.63, 3.8) is 0 Å². The molecule has 16 heavy (non-hydrogen) atoms. The summed E-state index contributed by atoms with van der Waals surface area (Å²) in [6.45, 7) is 6.56. The predicted molar refractivity (Wildman–Crippen MR) is 79.1 cm³/mol. The van der Waals surface area contributed by atoms with Crippen molar-refractivity contribution in [2.45, 2.75) is 72.1 Å². The molecule has 0 N–H and O–H groups in total. The third-order valence-corrected chi connectivity index (χ3v) is 3.04. The molecule has 0 fully saturated rings. The van der Waals surface area contributed by atoms with Gasteiger partial charge >= 0.3 is 0 Å². The maximum atomic E-state index is 3.44. The Bertz CT molecular complexity index is 209. The van der Waals surface area contributed by atoms with Crippen molar-refractivity contribution >= 4 is 15.9 Å². The Balaban J connectivity index is 3.37. The Labute approximate surface area is 110 Å². The highest BCUT2D eigenvalue weighted by Gasteiger charge is 1.92. The molecule has 0 radical (unpaired) electrons. The molecule has 0 heterocycles. The van der Waals surface area contributed by atoms with Crippen LogP contribution in [0.15, 0.2) is 22.2 Å². The van der Waals surface area contributed by atoms with Gasteiger partial charge in [0.2, 0.25) is 0 Å². The van der Waals surface area contributed by atoms with Crippen LogP contribution >= 0.6 is 15.9 Å². The number of rotatable bonds is 9. The average molecular weight is 287 g/mol. The van der Waals surface area contributed by atoms with Gasteiger partial charge in [-0.25, -0.2) is 0 Å². The van der Waals surface area contributed by atoms with Gasteiger partial charge in [0, 0.05) is 0 Å². The molecule has 0 saturated heterocycles. The highest BCUT2D eigenvalue weighted by Crippen LogP contribution is 2.13. The standard InChI is InChI=1S/C15H27Br/c1-4-5-6-7-8-9-10-11-14(2)12-13-15(3)16/h12-13H,4-11H2,1-3H3/b14-12+,15-13+. The second-order valence-electron chi connectivity index (χ2n) is 4.64. The Kier molecular flexibility index (Phi) is 11.4. The zero-order chi connectivity index (χ0) is 12.2. The van der Waals surface area contributed by atoms with Crippen LogP contribution in [0, 0.1) is 0 Å². The van der Waals surface area contributed by atoms with Gasteiger partial charge in [-0.3, -0.25) is 0 Å². The van der Waals surface area contributed by atoms with Crippen molar-refractivity contribution in [3.05, 3.63) is 22.2 Å². The topological polar surface area (TPSA) is 0 Å². The van der Waals surface area contributed by atoms with E-state index in [1.165, 1.54) is 61.4 Å². The van der Waals surface area contributed by atoms with Gasteiger partial charge < -0.3 is 0 Å². The fraction of sp³-hybridized carbons (Fsp3) is 0.733. The van der Waals surface area contributed by atoms with Crippen LogP contribution in [0.1, 0.15) is 72.1 Å². The lowest BCUT2D eigenvalue weighted by atomic mass is 10.1. The SMILES string of the molecule is CCCCCCCCC/C(C)=C/C=C(\C)Br. The minimum absolute atomic E-state index is 1.20. The zero-order valence-electron chi connectivity index (χ0n) is 11.2. The summed E-state index contributed by atoms with van der Waals surface area (Å²) in [6, 6.07) is 0. The van der Waals surface area contributed by atoms with E-state index in [0.29, 0.717) is 0 Å². The lowest BCUT2D eigenvalue weighted by Gasteiger charge is -2.01. The first-order valence-corrected chi connectivity index (χ1v) is 7.45. The van der Waals surface area contributed by atoms with E-state index < -0.39 is 0 Å². The van der Waals surface area contributed by atoms with E-state index in [9.17, 15) is 0 Å². The first-order chi connectivity index (χ1) is 7.66. The molecule has 0 aliphatic heterocycles.